The van der Waals surface area contributed by atoms with Gasteiger partial charge < -0.3 is 0 Å². The summed E-state index contributed by atoms with van der Waals surface area (Å²) in [5.74, 6) is -0.321. The van der Waals surface area contributed by atoms with Gasteiger partial charge in [-0.2, -0.15) is 0 Å². The maximum absolute atomic E-state index is 12.1. The molecule has 0 aliphatic carbocycles. The summed E-state index contributed by atoms with van der Waals surface area (Å²) in [6.07, 6.45) is 5.72. The van der Waals surface area contributed by atoms with Gasteiger partial charge >= 0.3 is 0 Å². The highest BCUT2D eigenvalue weighted by Gasteiger charge is 2.34. The summed E-state index contributed by atoms with van der Waals surface area (Å²) in [5.41, 5.74) is 3.79. The molecule has 1 aliphatic heterocycles. The lowest BCUT2D eigenvalue weighted by Crippen LogP contribution is -2.30. The quantitative estimate of drug-likeness (QED) is 0.445. The molecule has 0 spiro atoms. The highest BCUT2D eigenvalue weighted by atomic mass is 16.2. The summed E-state index contributed by atoms with van der Waals surface area (Å²) in [6.45, 7) is 4.01. The number of carbonyl (C=O) groups excluding carboxylic acids is 2. The van der Waals surface area contributed by atoms with E-state index in [1.54, 1.807) is 24.3 Å². The molecule has 98 valence electrons. The van der Waals surface area contributed by atoms with Crippen LogP contribution >= 0.6 is 0 Å². The summed E-state index contributed by atoms with van der Waals surface area (Å²) in [5, 5.41) is 0. The van der Waals surface area contributed by atoms with Gasteiger partial charge in [0.1, 0.15) is 0 Å². The van der Waals surface area contributed by atoms with Gasteiger partial charge in [-0.3, -0.25) is 14.5 Å². The lowest BCUT2D eigenvalue weighted by atomic mass is 10.1. The Morgan fingerprint density at radius 2 is 1.68 bits per heavy atom. The second-order valence-electron chi connectivity index (χ2n) is 4.57. The van der Waals surface area contributed by atoms with Gasteiger partial charge in [-0.25, -0.2) is 0 Å². The number of rotatable bonds is 6. The van der Waals surface area contributed by atoms with Crippen LogP contribution in [0.25, 0.3) is 0 Å². The van der Waals surface area contributed by atoms with Crippen molar-refractivity contribution < 1.29 is 9.59 Å². The molecule has 1 aliphatic rings. The number of allylic oxidation sites excluding steroid dienone is 1. The summed E-state index contributed by atoms with van der Waals surface area (Å²) in [4.78, 5) is 25.5. The van der Waals surface area contributed by atoms with E-state index in [2.05, 4.69) is 12.3 Å². The molecule has 3 nitrogen and oxygen atoms in total. The first-order chi connectivity index (χ1) is 9.25. The molecule has 0 fully saturated rings. The van der Waals surface area contributed by atoms with E-state index in [1.807, 2.05) is 6.08 Å². The zero-order valence-corrected chi connectivity index (χ0v) is 10.9. The second-order valence-corrected chi connectivity index (χ2v) is 4.57. The van der Waals surface area contributed by atoms with Crippen LogP contribution in [0.1, 0.15) is 46.4 Å². The van der Waals surface area contributed by atoms with Crippen LogP contribution in [0.2, 0.25) is 0 Å². The van der Waals surface area contributed by atoms with Gasteiger partial charge in [-0.05, 0) is 37.5 Å². The Labute approximate surface area is 113 Å². The minimum absolute atomic E-state index is 0.161. The van der Waals surface area contributed by atoms with Crippen molar-refractivity contribution in [1.82, 2.24) is 4.90 Å². The monoisotopic (exact) mass is 255 g/mol. The number of hydrogen-bond donors (Lipinski definition) is 0. The van der Waals surface area contributed by atoms with Crippen molar-refractivity contribution in [2.75, 3.05) is 6.54 Å². The molecule has 0 aromatic heterocycles. The Morgan fingerprint density at radius 1 is 1.05 bits per heavy atom. The number of fused-ring (bicyclic) bond motifs is 1. The Balaban J connectivity index is 1.88. The lowest BCUT2D eigenvalue weighted by molar-refractivity contribution is 0.0651. The van der Waals surface area contributed by atoms with Gasteiger partial charge in [0.05, 0.1) is 11.1 Å². The van der Waals surface area contributed by atoms with Crippen molar-refractivity contribution in [2.45, 2.75) is 25.7 Å². The molecule has 2 amide bonds. The molecule has 0 radical (unpaired) electrons. The Hall–Kier alpha value is -2.12. The van der Waals surface area contributed by atoms with Gasteiger partial charge in [-0.15, -0.1) is 5.73 Å². The zero-order valence-electron chi connectivity index (χ0n) is 10.9. The molecular formula is C16H17NO2. The van der Waals surface area contributed by atoms with E-state index >= 15 is 0 Å². The molecule has 1 aromatic rings. The standard InChI is InChI=1S/C16H17NO2/c1-2-3-4-5-6-9-12-17-15(18)13-10-7-8-11-14(13)16(17)19/h3,7-8,10-11H,1,4-6,9,12H2. The van der Waals surface area contributed by atoms with Crippen molar-refractivity contribution in [2.24, 2.45) is 0 Å². The van der Waals surface area contributed by atoms with E-state index < -0.39 is 0 Å². The molecule has 0 unspecified atom stereocenters. The number of imide groups is 1. The van der Waals surface area contributed by atoms with Crippen molar-refractivity contribution >= 4 is 11.8 Å². The zero-order chi connectivity index (χ0) is 13.7. The van der Waals surface area contributed by atoms with Crippen LogP contribution in [-0.4, -0.2) is 23.3 Å². The third-order valence-electron chi connectivity index (χ3n) is 3.25. The summed E-state index contributed by atoms with van der Waals surface area (Å²) >= 11 is 0. The van der Waals surface area contributed by atoms with E-state index in [0.29, 0.717) is 17.7 Å². The fourth-order valence-corrected chi connectivity index (χ4v) is 2.24. The minimum Gasteiger partial charge on any atom is -0.274 e. The van der Waals surface area contributed by atoms with E-state index in [4.69, 9.17) is 0 Å². The van der Waals surface area contributed by atoms with E-state index in [1.165, 1.54) is 4.90 Å². The topological polar surface area (TPSA) is 37.4 Å². The molecular weight excluding hydrogens is 238 g/mol. The third kappa shape index (κ3) is 2.83. The molecule has 0 saturated heterocycles. The Morgan fingerprint density at radius 3 is 2.26 bits per heavy atom. The van der Waals surface area contributed by atoms with Crippen LogP contribution in [0.3, 0.4) is 0 Å². The van der Waals surface area contributed by atoms with Gasteiger partial charge in [0, 0.05) is 6.54 Å². The molecule has 0 saturated carbocycles. The number of unbranched alkanes of at least 4 members (excludes halogenated alkanes) is 3. The molecule has 19 heavy (non-hydrogen) atoms. The van der Waals surface area contributed by atoms with Crippen molar-refractivity contribution in [3.8, 4) is 0 Å². The van der Waals surface area contributed by atoms with Gasteiger partial charge in [0.25, 0.3) is 11.8 Å². The van der Waals surface area contributed by atoms with E-state index in [9.17, 15) is 9.59 Å². The Kier molecular flexibility index (Phi) is 4.32. The van der Waals surface area contributed by atoms with E-state index in [0.717, 1.165) is 25.7 Å². The summed E-state index contributed by atoms with van der Waals surface area (Å²) < 4.78 is 0. The summed E-state index contributed by atoms with van der Waals surface area (Å²) in [7, 11) is 0. The lowest BCUT2D eigenvalue weighted by Gasteiger charge is -2.13. The number of amides is 2. The van der Waals surface area contributed by atoms with Crippen LogP contribution in [0, 0.1) is 0 Å². The maximum Gasteiger partial charge on any atom is 0.261 e. The first-order valence-corrected chi connectivity index (χ1v) is 6.55. The van der Waals surface area contributed by atoms with Gasteiger partial charge in [0.2, 0.25) is 0 Å². The molecule has 1 aromatic carbocycles. The number of hydrogen-bond acceptors (Lipinski definition) is 2. The number of carbonyl (C=O) groups is 2. The fourth-order valence-electron chi connectivity index (χ4n) is 2.24. The smallest absolute Gasteiger partial charge is 0.261 e. The number of benzene rings is 1. The second kappa shape index (κ2) is 6.17. The highest BCUT2D eigenvalue weighted by Crippen LogP contribution is 2.22. The molecule has 0 bridgehead atoms. The van der Waals surface area contributed by atoms with E-state index in [-0.39, 0.29) is 11.8 Å². The molecule has 2 rings (SSSR count). The van der Waals surface area contributed by atoms with Crippen molar-refractivity contribution in [3.63, 3.8) is 0 Å². The van der Waals surface area contributed by atoms with Crippen LogP contribution < -0.4 is 0 Å². The SMILES string of the molecule is C=C=CCCCCCN1C(=O)c2ccccc2C1=O. The maximum atomic E-state index is 12.1. The molecule has 1 heterocycles. The van der Waals surface area contributed by atoms with Crippen LogP contribution in [0.15, 0.2) is 42.7 Å². The van der Waals surface area contributed by atoms with Crippen molar-refractivity contribution in [3.05, 3.63) is 53.8 Å². The van der Waals surface area contributed by atoms with Crippen LogP contribution in [0.4, 0.5) is 0 Å². The predicted molar refractivity (Wildman–Crippen MR) is 74.0 cm³/mol. The molecule has 3 heteroatoms. The fraction of sp³-hybridized carbons (Fsp3) is 0.312. The third-order valence-corrected chi connectivity index (χ3v) is 3.25. The largest absolute Gasteiger partial charge is 0.274 e. The van der Waals surface area contributed by atoms with Crippen LogP contribution in [0.5, 0.6) is 0 Å². The van der Waals surface area contributed by atoms with Crippen LogP contribution in [-0.2, 0) is 0 Å². The average molecular weight is 255 g/mol. The Bertz CT molecular complexity index is 506. The number of nitrogens with zero attached hydrogens (tertiary/aromatic N) is 1. The van der Waals surface area contributed by atoms with Gasteiger partial charge in [-0.1, -0.05) is 25.1 Å². The van der Waals surface area contributed by atoms with Crippen molar-refractivity contribution in [1.29, 1.82) is 0 Å². The molecule has 0 N–H and O–H groups in total. The minimum atomic E-state index is -0.161. The predicted octanol–water partition coefficient (Wildman–Crippen LogP) is 3.18. The first kappa shape index (κ1) is 13.3. The average Bonchev–Trinajstić information content (AvgIpc) is 2.68. The molecule has 0 atom stereocenters. The highest BCUT2D eigenvalue weighted by molar-refractivity contribution is 6.21. The first-order valence-electron chi connectivity index (χ1n) is 6.55. The summed E-state index contributed by atoms with van der Waals surface area (Å²) in [6, 6.07) is 7.00. The van der Waals surface area contributed by atoms with Gasteiger partial charge in [0.15, 0.2) is 0 Å². The normalized spacial score (nSPS) is 13.4.